The Balaban J connectivity index is 0.000000197. The second kappa shape index (κ2) is 10.7. The van der Waals surface area contributed by atoms with Gasteiger partial charge in [-0.15, -0.1) is 0 Å². The third-order valence-electron chi connectivity index (χ3n) is 5.32. The first-order valence-corrected chi connectivity index (χ1v) is 11.0. The van der Waals surface area contributed by atoms with E-state index >= 15 is 0 Å². The highest BCUT2D eigenvalue weighted by Crippen LogP contribution is 2.27. The van der Waals surface area contributed by atoms with Crippen molar-refractivity contribution in [2.75, 3.05) is 21.3 Å². The van der Waals surface area contributed by atoms with E-state index in [2.05, 4.69) is 22.2 Å². The second-order valence-corrected chi connectivity index (χ2v) is 7.46. The lowest BCUT2D eigenvalue weighted by Gasteiger charge is -2.04. The molecule has 1 aromatic carbocycles. The topological polar surface area (TPSA) is 123 Å². The summed E-state index contributed by atoms with van der Waals surface area (Å²) >= 11 is 0. The van der Waals surface area contributed by atoms with Crippen molar-refractivity contribution in [1.29, 1.82) is 0 Å². The number of ether oxygens (including phenoxy) is 2. The molecule has 0 spiro atoms. The van der Waals surface area contributed by atoms with E-state index in [-0.39, 0.29) is 5.91 Å². The van der Waals surface area contributed by atoms with Crippen LogP contribution in [0.3, 0.4) is 0 Å². The fourth-order valence-electron chi connectivity index (χ4n) is 3.52. The number of imide groups is 1. The number of urea groups is 1. The summed E-state index contributed by atoms with van der Waals surface area (Å²) in [5.74, 6) is 1.16. The Hall–Kier alpha value is -4.34. The maximum atomic E-state index is 11.6. The van der Waals surface area contributed by atoms with Crippen LogP contribution in [0.5, 0.6) is 5.75 Å². The van der Waals surface area contributed by atoms with Gasteiger partial charge in [-0.25, -0.2) is 4.79 Å². The summed E-state index contributed by atoms with van der Waals surface area (Å²) in [6.45, 7) is 8.44. The number of pyridine rings is 1. The maximum absolute atomic E-state index is 11.6. The molecule has 4 amide bonds. The van der Waals surface area contributed by atoms with Crippen LogP contribution in [0, 0.1) is 0 Å². The third kappa shape index (κ3) is 5.26. The summed E-state index contributed by atoms with van der Waals surface area (Å²) in [5, 5.41) is 4.61. The van der Waals surface area contributed by atoms with Crippen molar-refractivity contribution < 1.29 is 28.3 Å². The normalized spacial score (nSPS) is 15.9. The first kappa shape index (κ1) is 25.3. The van der Waals surface area contributed by atoms with Crippen LogP contribution in [-0.4, -0.2) is 49.0 Å². The summed E-state index contributed by atoms with van der Waals surface area (Å²) in [5.41, 5.74) is 3.60. The van der Waals surface area contributed by atoms with Crippen molar-refractivity contribution in [2.45, 2.75) is 26.4 Å². The summed E-state index contributed by atoms with van der Waals surface area (Å²) in [6.07, 6.45) is 1.60. The minimum Gasteiger partial charge on any atom is -0.497 e. The molecule has 2 N–H and O–H groups in total. The first-order valence-electron chi connectivity index (χ1n) is 11.0. The van der Waals surface area contributed by atoms with Gasteiger partial charge in [0.25, 0.3) is 11.8 Å². The zero-order valence-corrected chi connectivity index (χ0v) is 20.3. The number of carbonyl (C=O) groups is 3. The van der Waals surface area contributed by atoms with Gasteiger partial charge >= 0.3 is 6.03 Å². The molecule has 2 aromatic heterocycles. The Labute approximate surface area is 202 Å². The Kier molecular flexibility index (Phi) is 7.75. The molecule has 2 aliphatic heterocycles. The van der Waals surface area contributed by atoms with Crippen LogP contribution < -0.4 is 15.4 Å². The Morgan fingerprint density at radius 3 is 2.54 bits per heavy atom. The van der Waals surface area contributed by atoms with E-state index in [9.17, 15) is 14.4 Å². The van der Waals surface area contributed by atoms with Crippen LogP contribution in [0.15, 0.2) is 47.5 Å². The van der Waals surface area contributed by atoms with E-state index in [0.717, 1.165) is 16.9 Å². The number of furan rings is 1. The molecule has 0 radical (unpaired) electrons. The Morgan fingerprint density at radius 2 is 1.91 bits per heavy atom. The van der Waals surface area contributed by atoms with Crippen molar-refractivity contribution in [1.82, 2.24) is 20.5 Å². The van der Waals surface area contributed by atoms with Crippen LogP contribution in [0.2, 0.25) is 0 Å². The van der Waals surface area contributed by atoms with Gasteiger partial charge in [-0.05, 0) is 23.8 Å². The molecule has 1 unspecified atom stereocenters. The van der Waals surface area contributed by atoms with Gasteiger partial charge < -0.3 is 24.1 Å². The first-order chi connectivity index (χ1) is 16.8. The van der Waals surface area contributed by atoms with Gasteiger partial charge in [0.15, 0.2) is 11.6 Å². The standard InChI is InChI=1S/C13H11N3O4.C10H11NO2.C2H6/c1-6(19-2)7-3-9-8(14-5-7)4-10(20-9)11-12(17)16-13(18)15-11;1-11-6-7-3-4-8(13-2)5-9(7)10(11)12;1-2/h3-5,11H,1H2,2H3,(H2,15,16,17,18);3-5H,6H2,1-2H3;1-2H3. The second-order valence-electron chi connectivity index (χ2n) is 7.46. The Bertz CT molecular complexity index is 1280. The zero-order chi connectivity index (χ0) is 25.7. The highest BCUT2D eigenvalue weighted by Gasteiger charge is 2.33. The number of rotatable bonds is 4. The molecule has 1 atom stereocenters. The van der Waals surface area contributed by atoms with E-state index in [1.54, 1.807) is 43.5 Å². The number of benzene rings is 1. The SMILES string of the molecule is C=C(OC)c1cnc2cc(C3NC(=O)NC3=O)oc2c1.CC.COc1ccc2c(c1)C(=O)N(C)C2. The Morgan fingerprint density at radius 1 is 1.17 bits per heavy atom. The van der Waals surface area contributed by atoms with E-state index < -0.39 is 18.0 Å². The molecule has 10 heteroatoms. The molecular weight excluding hydrogens is 452 g/mol. The van der Waals surface area contributed by atoms with Crippen LogP contribution in [-0.2, 0) is 16.1 Å². The van der Waals surface area contributed by atoms with E-state index in [0.29, 0.717) is 34.7 Å². The van der Waals surface area contributed by atoms with Gasteiger partial charge in [-0.2, -0.15) is 0 Å². The van der Waals surface area contributed by atoms with E-state index in [4.69, 9.17) is 13.9 Å². The van der Waals surface area contributed by atoms with Crippen molar-refractivity contribution in [3.05, 3.63) is 65.6 Å². The number of hydrogen-bond donors (Lipinski definition) is 2. The number of nitrogens with one attached hydrogen (secondary N) is 2. The van der Waals surface area contributed by atoms with Gasteiger partial charge in [0, 0.05) is 37.0 Å². The molecule has 5 rings (SSSR count). The number of nitrogens with zero attached hydrogens (tertiary/aromatic N) is 2. The zero-order valence-electron chi connectivity index (χ0n) is 20.3. The van der Waals surface area contributed by atoms with Crippen LogP contribution in [0.25, 0.3) is 16.9 Å². The predicted octanol–water partition coefficient (Wildman–Crippen LogP) is 3.63. The molecule has 3 aromatic rings. The third-order valence-corrected chi connectivity index (χ3v) is 5.32. The minimum atomic E-state index is -0.828. The lowest BCUT2D eigenvalue weighted by molar-refractivity contribution is -0.120. The van der Waals surface area contributed by atoms with Gasteiger partial charge in [0.05, 0.1) is 14.2 Å². The molecule has 1 saturated heterocycles. The molecule has 0 saturated carbocycles. The molecule has 0 aliphatic carbocycles. The monoisotopic (exact) mass is 480 g/mol. The van der Waals surface area contributed by atoms with Crippen molar-refractivity contribution in [3.63, 3.8) is 0 Å². The highest BCUT2D eigenvalue weighted by atomic mass is 16.5. The maximum Gasteiger partial charge on any atom is 0.322 e. The summed E-state index contributed by atoms with van der Waals surface area (Å²) in [7, 11) is 4.91. The highest BCUT2D eigenvalue weighted by molar-refractivity contribution is 6.04. The average Bonchev–Trinajstić information content (AvgIpc) is 3.53. The van der Waals surface area contributed by atoms with Crippen LogP contribution in [0.4, 0.5) is 4.79 Å². The summed E-state index contributed by atoms with van der Waals surface area (Å²) in [4.78, 5) is 40.1. The number of amides is 4. The molecule has 10 nitrogen and oxygen atoms in total. The number of fused-ring (bicyclic) bond motifs is 2. The number of hydrogen-bond acceptors (Lipinski definition) is 7. The van der Waals surface area contributed by atoms with Gasteiger partial charge in [-0.3, -0.25) is 19.9 Å². The molecule has 184 valence electrons. The average molecular weight is 481 g/mol. The van der Waals surface area contributed by atoms with Crippen LogP contribution in [0.1, 0.15) is 47.1 Å². The van der Waals surface area contributed by atoms with Crippen molar-refractivity contribution in [3.8, 4) is 5.75 Å². The largest absolute Gasteiger partial charge is 0.497 e. The molecule has 0 bridgehead atoms. The predicted molar refractivity (Wildman–Crippen MR) is 130 cm³/mol. The van der Waals surface area contributed by atoms with Crippen molar-refractivity contribution >= 4 is 34.7 Å². The van der Waals surface area contributed by atoms with E-state index in [1.165, 1.54) is 7.11 Å². The van der Waals surface area contributed by atoms with Gasteiger partial charge in [0.1, 0.15) is 22.8 Å². The summed E-state index contributed by atoms with van der Waals surface area (Å²) < 4.78 is 15.6. The molecule has 35 heavy (non-hydrogen) atoms. The molecule has 2 aliphatic rings. The lowest BCUT2D eigenvalue weighted by atomic mass is 10.1. The number of aromatic nitrogens is 1. The molecular formula is C25H28N4O6. The fraction of sp³-hybridized carbons (Fsp3) is 0.280. The summed E-state index contributed by atoms with van der Waals surface area (Å²) in [6, 6.07) is 7.58. The van der Waals surface area contributed by atoms with Crippen molar-refractivity contribution in [2.24, 2.45) is 0 Å². The van der Waals surface area contributed by atoms with E-state index in [1.807, 2.05) is 26.0 Å². The lowest BCUT2D eigenvalue weighted by Crippen LogP contribution is -2.22. The number of carbonyl (C=O) groups excluding carboxylic acids is 3. The van der Waals surface area contributed by atoms with Gasteiger partial charge in [0.2, 0.25) is 0 Å². The van der Waals surface area contributed by atoms with Gasteiger partial charge in [-0.1, -0.05) is 26.5 Å². The van der Waals surface area contributed by atoms with Crippen LogP contribution >= 0.6 is 0 Å². The minimum absolute atomic E-state index is 0.0777. The molecule has 1 fully saturated rings. The quantitative estimate of drug-likeness (QED) is 0.432. The fourth-order valence-corrected chi connectivity index (χ4v) is 3.52. The smallest absolute Gasteiger partial charge is 0.322 e. The molecule has 4 heterocycles. The number of methoxy groups -OCH3 is 2.